The van der Waals surface area contributed by atoms with Crippen molar-refractivity contribution < 1.29 is 9.28 Å². The van der Waals surface area contributed by atoms with Crippen LogP contribution < -0.4 is 10.6 Å². The van der Waals surface area contributed by atoms with Crippen molar-refractivity contribution in [3.8, 4) is 0 Å². The summed E-state index contributed by atoms with van der Waals surface area (Å²) < 4.78 is 1.03. The van der Waals surface area contributed by atoms with Crippen LogP contribution in [-0.4, -0.2) is 29.6 Å². The van der Waals surface area contributed by atoms with E-state index >= 15 is 0 Å². The number of hydrogen-bond donors (Lipinski definition) is 2. The molecule has 1 fully saturated rings. The molecule has 0 unspecified atom stereocenters. The Hall–Kier alpha value is -3.11. The van der Waals surface area contributed by atoms with Gasteiger partial charge in [-0.1, -0.05) is 78.9 Å². The maximum atomic E-state index is 12.4. The molecule has 1 aliphatic rings. The molecule has 0 bridgehead atoms. The zero-order valence-electron chi connectivity index (χ0n) is 17.3. The molecule has 4 heteroatoms. The molecule has 0 atom stereocenters. The highest BCUT2D eigenvalue weighted by Gasteiger charge is 2.34. The van der Waals surface area contributed by atoms with Crippen molar-refractivity contribution in [3.63, 3.8) is 0 Å². The van der Waals surface area contributed by atoms with Crippen LogP contribution in [0, 0.1) is 0 Å². The summed E-state index contributed by atoms with van der Waals surface area (Å²) in [5.41, 5.74) is 3.58. The van der Waals surface area contributed by atoms with E-state index in [0.29, 0.717) is 0 Å². The third kappa shape index (κ3) is 5.49. The molecule has 1 heterocycles. The molecule has 3 aromatic carbocycles. The van der Waals surface area contributed by atoms with Gasteiger partial charge in [-0.3, -0.25) is 0 Å². The predicted octanol–water partition coefficient (Wildman–Crippen LogP) is 5.19. The number of amides is 2. The first kappa shape index (κ1) is 20.2. The molecule has 3 aromatic rings. The van der Waals surface area contributed by atoms with Gasteiger partial charge in [-0.05, 0) is 12.1 Å². The fourth-order valence-corrected chi connectivity index (χ4v) is 4.45. The van der Waals surface area contributed by atoms with Crippen molar-refractivity contribution in [2.24, 2.45) is 0 Å². The lowest BCUT2D eigenvalue weighted by molar-refractivity contribution is -0.958. The number of quaternary nitrogens is 1. The number of nitrogens with one attached hydrogen (secondary N) is 2. The maximum absolute atomic E-state index is 12.4. The van der Waals surface area contributed by atoms with Gasteiger partial charge in [-0.2, -0.15) is 0 Å². The van der Waals surface area contributed by atoms with E-state index in [4.69, 9.17) is 0 Å². The van der Waals surface area contributed by atoms with Gasteiger partial charge in [0.2, 0.25) is 0 Å². The fraction of sp³-hybridized carbons (Fsp3) is 0.269. The number of rotatable bonds is 6. The van der Waals surface area contributed by atoms with Crippen LogP contribution in [0.1, 0.15) is 24.0 Å². The number of carbonyl (C=O) groups is 1. The fourth-order valence-electron chi connectivity index (χ4n) is 4.45. The Morgan fingerprint density at radius 2 is 1.20 bits per heavy atom. The second-order valence-electron chi connectivity index (χ2n) is 8.32. The number of nitrogens with zero attached hydrogens (tertiary/aromatic N) is 1. The summed E-state index contributed by atoms with van der Waals surface area (Å²) in [5.74, 6) is 0. The minimum absolute atomic E-state index is 0.114. The molecule has 154 valence electrons. The van der Waals surface area contributed by atoms with Crippen LogP contribution in [0.15, 0.2) is 91.0 Å². The number of piperidine rings is 1. The monoisotopic (exact) mass is 400 g/mol. The summed E-state index contributed by atoms with van der Waals surface area (Å²) in [6.07, 6.45) is 1.98. The van der Waals surface area contributed by atoms with Crippen molar-refractivity contribution in [2.75, 3.05) is 18.4 Å². The topological polar surface area (TPSA) is 41.1 Å². The van der Waals surface area contributed by atoms with Gasteiger partial charge in [0, 0.05) is 35.7 Å². The smallest absolute Gasteiger partial charge is 0.319 e. The van der Waals surface area contributed by atoms with Gasteiger partial charge >= 0.3 is 6.03 Å². The first-order chi connectivity index (χ1) is 14.7. The first-order valence-electron chi connectivity index (χ1n) is 10.8. The highest BCUT2D eigenvalue weighted by Crippen LogP contribution is 2.26. The van der Waals surface area contributed by atoms with E-state index in [1.807, 2.05) is 30.3 Å². The molecule has 2 N–H and O–H groups in total. The number of urea groups is 1. The summed E-state index contributed by atoms with van der Waals surface area (Å²) in [5, 5.41) is 6.11. The highest BCUT2D eigenvalue weighted by atomic mass is 16.2. The molecular formula is C26H30N3O+. The van der Waals surface area contributed by atoms with Crippen molar-refractivity contribution in [3.05, 3.63) is 102 Å². The molecule has 0 radical (unpaired) electrons. The molecule has 2 amide bonds. The zero-order valence-corrected chi connectivity index (χ0v) is 17.3. The summed E-state index contributed by atoms with van der Waals surface area (Å²) in [6.45, 7) is 4.16. The number of anilines is 1. The van der Waals surface area contributed by atoms with Gasteiger partial charge in [0.05, 0.1) is 13.1 Å². The van der Waals surface area contributed by atoms with Crippen molar-refractivity contribution in [1.82, 2.24) is 5.32 Å². The van der Waals surface area contributed by atoms with Gasteiger partial charge < -0.3 is 15.1 Å². The van der Waals surface area contributed by atoms with Crippen LogP contribution in [0.3, 0.4) is 0 Å². The Morgan fingerprint density at radius 1 is 0.733 bits per heavy atom. The molecule has 1 aliphatic heterocycles. The highest BCUT2D eigenvalue weighted by molar-refractivity contribution is 5.89. The number of para-hydroxylation sites is 1. The van der Waals surface area contributed by atoms with E-state index in [0.717, 1.165) is 49.2 Å². The van der Waals surface area contributed by atoms with E-state index < -0.39 is 0 Å². The molecular weight excluding hydrogens is 370 g/mol. The summed E-state index contributed by atoms with van der Waals surface area (Å²) in [4.78, 5) is 12.4. The summed E-state index contributed by atoms with van der Waals surface area (Å²) >= 11 is 0. The number of benzene rings is 3. The Morgan fingerprint density at radius 3 is 1.70 bits per heavy atom. The average molecular weight is 401 g/mol. The molecule has 0 aromatic heterocycles. The van der Waals surface area contributed by atoms with E-state index in [-0.39, 0.29) is 12.1 Å². The first-order valence-corrected chi connectivity index (χ1v) is 10.8. The van der Waals surface area contributed by atoms with E-state index in [1.165, 1.54) is 11.1 Å². The minimum Gasteiger partial charge on any atom is -0.335 e. The zero-order chi connectivity index (χ0) is 20.7. The van der Waals surface area contributed by atoms with Crippen molar-refractivity contribution >= 4 is 11.7 Å². The SMILES string of the molecule is O=C(Nc1ccccc1)NC1CC[N+](Cc2ccccc2)(Cc2ccccc2)CC1. The van der Waals surface area contributed by atoms with Gasteiger partial charge in [0.15, 0.2) is 0 Å². The molecule has 0 saturated carbocycles. The van der Waals surface area contributed by atoms with Crippen LogP contribution in [0.4, 0.5) is 10.5 Å². The van der Waals surface area contributed by atoms with Crippen LogP contribution in [-0.2, 0) is 13.1 Å². The second-order valence-corrected chi connectivity index (χ2v) is 8.32. The summed E-state index contributed by atoms with van der Waals surface area (Å²) in [7, 11) is 0. The van der Waals surface area contributed by atoms with Crippen molar-refractivity contribution in [1.29, 1.82) is 0 Å². The lowest BCUT2D eigenvalue weighted by Gasteiger charge is -2.44. The number of carbonyl (C=O) groups excluding carboxylic acids is 1. The third-order valence-electron chi connectivity index (χ3n) is 5.99. The largest absolute Gasteiger partial charge is 0.335 e. The predicted molar refractivity (Wildman–Crippen MR) is 122 cm³/mol. The average Bonchev–Trinajstić information content (AvgIpc) is 2.77. The standard InChI is InChI=1S/C26H29N3O/c30-26(27-24-14-8-3-9-15-24)28-25-16-18-29(19-17-25,20-22-10-4-1-5-11-22)21-23-12-6-2-7-13-23/h1-15,25H,16-21H2,(H-,27,28,30)/p+1. The lowest BCUT2D eigenvalue weighted by Crippen LogP contribution is -2.55. The second kappa shape index (κ2) is 9.59. The van der Waals surface area contributed by atoms with E-state index in [9.17, 15) is 4.79 Å². The van der Waals surface area contributed by atoms with Gasteiger partial charge in [0.25, 0.3) is 0 Å². The minimum atomic E-state index is -0.114. The molecule has 30 heavy (non-hydrogen) atoms. The Balaban J connectivity index is 1.40. The molecule has 4 nitrogen and oxygen atoms in total. The molecule has 0 spiro atoms. The Kier molecular flexibility index (Phi) is 6.45. The maximum Gasteiger partial charge on any atom is 0.319 e. The summed E-state index contributed by atoms with van der Waals surface area (Å²) in [6, 6.07) is 31.2. The normalized spacial score (nSPS) is 16.0. The third-order valence-corrected chi connectivity index (χ3v) is 5.99. The quantitative estimate of drug-likeness (QED) is 0.550. The van der Waals surface area contributed by atoms with Gasteiger partial charge in [-0.25, -0.2) is 4.79 Å². The van der Waals surface area contributed by atoms with Crippen LogP contribution in [0.5, 0.6) is 0 Å². The van der Waals surface area contributed by atoms with Gasteiger partial charge in [0.1, 0.15) is 13.1 Å². The number of likely N-dealkylation sites (tertiary alicyclic amines) is 1. The Bertz CT molecular complexity index is 877. The molecule has 0 aliphatic carbocycles. The molecule has 4 rings (SSSR count). The van der Waals surface area contributed by atoms with Crippen LogP contribution >= 0.6 is 0 Å². The Labute approximate surface area is 179 Å². The van der Waals surface area contributed by atoms with Crippen LogP contribution in [0.2, 0.25) is 0 Å². The van der Waals surface area contributed by atoms with Gasteiger partial charge in [-0.15, -0.1) is 0 Å². The van der Waals surface area contributed by atoms with Crippen LogP contribution in [0.25, 0.3) is 0 Å². The lowest BCUT2D eigenvalue weighted by atomic mass is 9.99. The molecule has 1 saturated heterocycles. The van der Waals surface area contributed by atoms with Crippen molar-refractivity contribution in [2.45, 2.75) is 32.0 Å². The number of hydrogen-bond acceptors (Lipinski definition) is 1. The van der Waals surface area contributed by atoms with E-state index in [1.54, 1.807) is 0 Å². The van der Waals surface area contributed by atoms with E-state index in [2.05, 4.69) is 71.3 Å².